The third-order valence-electron chi connectivity index (χ3n) is 23.0. The summed E-state index contributed by atoms with van der Waals surface area (Å²) in [5.74, 6) is 23.6. The lowest BCUT2D eigenvalue weighted by atomic mass is 9.52. The first kappa shape index (κ1) is 88.0. The lowest BCUT2D eigenvalue weighted by Crippen LogP contribution is -2.53. The predicted molar refractivity (Wildman–Crippen MR) is 504 cm³/mol. The maximum Gasteiger partial charge on any atom is 0.228 e. The number of anilines is 4. The highest BCUT2D eigenvalue weighted by Gasteiger charge is 2.59. The summed E-state index contributed by atoms with van der Waals surface area (Å²) in [5, 5.41) is 12.8. The first-order valence-electron chi connectivity index (χ1n) is 44.1. The first-order valence-corrected chi connectivity index (χ1v) is 44.1. The molecule has 2 atom stereocenters. The van der Waals surface area contributed by atoms with Crippen molar-refractivity contribution >= 4 is 46.4 Å². The van der Waals surface area contributed by atoms with E-state index < -0.39 is 41.4 Å². The largest absolute Gasteiger partial charge is 0.494 e. The Labute approximate surface area is 733 Å². The van der Waals surface area contributed by atoms with E-state index in [1.165, 1.54) is 51.4 Å². The van der Waals surface area contributed by atoms with Gasteiger partial charge in [0.2, 0.25) is 23.6 Å². The molecule has 0 aliphatic heterocycles. The molecule has 624 valence electrons. The molecule has 12 aromatic rings. The average Bonchev–Trinajstić information content (AvgIpc) is 0.723. The molecule has 2 aliphatic carbocycles. The maximum atomic E-state index is 14.8. The van der Waals surface area contributed by atoms with E-state index in [9.17, 15) is 19.2 Å². The van der Waals surface area contributed by atoms with Gasteiger partial charge < -0.3 is 35.5 Å². The molecular formula is C113H110N4O7. The summed E-state index contributed by atoms with van der Waals surface area (Å²) in [6.07, 6.45) is 16.3. The topological polar surface area (TPSA) is 144 Å². The lowest BCUT2D eigenvalue weighted by molar-refractivity contribution is -0.136. The number of hydrogen-bond donors (Lipinski definition) is 4. The van der Waals surface area contributed by atoms with Crippen LogP contribution in [0.1, 0.15) is 207 Å². The molecule has 14 rings (SSSR count). The van der Waals surface area contributed by atoms with Gasteiger partial charge in [-0.25, -0.2) is 0 Å². The number of carbonyl (C=O) groups excluding carboxylic acids is 4. The molecule has 0 aromatic heterocycles. The molecule has 4 N–H and O–H groups in total. The minimum Gasteiger partial charge on any atom is -0.494 e. The summed E-state index contributed by atoms with van der Waals surface area (Å²) in [7, 11) is 0. The lowest BCUT2D eigenvalue weighted by Gasteiger charge is -2.50. The van der Waals surface area contributed by atoms with Crippen LogP contribution in [0.4, 0.5) is 22.7 Å². The van der Waals surface area contributed by atoms with Crippen molar-refractivity contribution in [3.05, 3.63) is 388 Å². The number of nitrogens with one attached hydrogen (secondary N) is 4. The van der Waals surface area contributed by atoms with Crippen LogP contribution in [0, 0.1) is 78.0 Å². The number of benzene rings is 12. The minimum atomic E-state index is -0.566. The zero-order valence-corrected chi connectivity index (χ0v) is 71.5. The van der Waals surface area contributed by atoms with Gasteiger partial charge in [0.1, 0.15) is 17.2 Å². The molecule has 124 heavy (non-hydrogen) atoms. The molecule has 0 radical (unpaired) electrons. The van der Waals surface area contributed by atoms with Gasteiger partial charge in [0.25, 0.3) is 0 Å². The van der Waals surface area contributed by atoms with Gasteiger partial charge in [0, 0.05) is 90.9 Å². The number of unbranched alkanes of at least 4 members (excludes halogenated alkanes) is 11. The van der Waals surface area contributed by atoms with Crippen molar-refractivity contribution in [2.75, 3.05) is 41.1 Å². The monoisotopic (exact) mass is 1630 g/mol. The Hall–Kier alpha value is -13.8. The van der Waals surface area contributed by atoms with E-state index in [1.807, 2.05) is 322 Å². The second-order valence-corrected chi connectivity index (χ2v) is 32.0. The van der Waals surface area contributed by atoms with Gasteiger partial charge >= 0.3 is 0 Å². The molecule has 0 bridgehead atoms. The normalized spacial score (nSPS) is 16.3. The summed E-state index contributed by atoms with van der Waals surface area (Å²) in [5.41, 5.74) is 14.6. The molecule has 0 spiro atoms. The van der Waals surface area contributed by atoms with Gasteiger partial charge in [0.05, 0.1) is 43.5 Å². The average molecular weight is 1640 g/mol. The molecule has 11 heteroatoms. The number of amides is 4. The molecule has 11 nitrogen and oxygen atoms in total. The summed E-state index contributed by atoms with van der Waals surface area (Å²) in [6, 6.07) is 102. The van der Waals surface area contributed by atoms with Crippen LogP contribution < -0.4 is 35.5 Å². The fraction of sp³-hybridized carbons (Fsp3) is 0.257. The van der Waals surface area contributed by atoms with Crippen LogP contribution in [-0.4, -0.2) is 43.4 Å². The highest BCUT2D eigenvalue weighted by atomic mass is 16.5. The predicted octanol–water partition coefficient (Wildman–Crippen LogP) is 24.7. The van der Waals surface area contributed by atoms with Gasteiger partial charge in [-0.05, 0) is 230 Å². The van der Waals surface area contributed by atoms with Crippen molar-refractivity contribution in [3.8, 4) is 64.6 Å². The first-order chi connectivity index (χ1) is 60.9. The van der Waals surface area contributed by atoms with Crippen LogP contribution in [0.3, 0.4) is 0 Å². The third kappa shape index (κ3) is 25.4. The van der Waals surface area contributed by atoms with E-state index in [1.54, 1.807) is 0 Å². The smallest absolute Gasteiger partial charge is 0.228 e. The minimum absolute atomic E-state index is 0.141. The zero-order valence-electron chi connectivity index (χ0n) is 71.5. The molecule has 2 aliphatic rings. The van der Waals surface area contributed by atoms with Crippen molar-refractivity contribution in [3.63, 3.8) is 0 Å². The Morgan fingerprint density at radius 2 is 0.435 bits per heavy atom. The molecule has 12 aromatic carbocycles. The Balaban J connectivity index is 0.000000217. The van der Waals surface area contributed by atoms with Gasteiger partial charge in [-0.3, -0.25) is 19.2 Å². The Bertz CT molecular complexity index is 5350. The van der Waals surface area contributed by atoms with Crippen molar-refractivity contribution in [1.29, 1.82) is 0 Å². The Morgan fingerprint density at radius 3 is 0.669 bits per heavy atom. The number of hydrogen-bond acceptors (Lipinski definition) is 7. The van der Waals surface area contributed by atoms with E-state index in [-0.39, 0.29) is 29.5 Å². The van der Waals surface area contributed by atoms with E-state index in [0.29, 0.717) is 42.6 Å². The number of carbonyl (C=O) groups is 4. The standard InChI is InChI=1S/C62H66N2O4.C51H44N2O3/c1-3-5-7-9-11-19-45-67-55-41-33-51(34-42-55)57-59(61(65)63-53-37-29-49(30-38-53)27-25-47-21-15-13-16-22-47)58(52-35-43-56(44-36-52)68-46-20-12-10-8-6-4-2)60(57)62(66)64-54-39-31-50(32-40-54)28-26-48-23-17-14-18-24-48;1-3-4-35-56-45-33-27-42(28-34-45)47-48(50(54)52-43-29-21-39(22-30-43)19-17-37-11-7-5-8-12-37)46(41-25-15-36(2)16-26-41)49(47)51(55)53-44-31-23-40(24-32-44)20-18-38-13-9-6-10-14-38/h13-18,21-24,29-44,57-60H,3-12,19-20,45-46H2,1-2H3,(H,63,65)(H,64,66);5-16,21-34,46-49H,3-4,35H2,1-2H3,(H,52,54)(H,53,55). The van der Waals surface area contributed by atoms with Crippen LogP contribution >= 0.6 is 0 Å². The molecule has 2 saturated carbocycles. The van der Waals surface area contributed by atoms with E-state index in [2.05, 4.69) is 89.4 Å². The highest BCUT2D eigenvalue weighted by Crippen LogP contribution is 2.60. The zero-order chi connectivity index (χ0) is 85.9. The van der Waals surface area contributed by atoms with Gasteiger partial charge in [-0.1, -0.05) is 278 Å². The Kier molecular flexibility index (Phi) is 32.8. The SMILES string of the molecule is CCCCCCCCOc1ccc(C2C(C(=O)Nc3ccc(C#Cc4ccccc4)cc3)C(c3ccc(OCCCCCCCC)cc3)C2C(=O)Nc2ccc(C#Cc3ccccc3)cc2)cc1.CCCCOc1ccc(C2C(C(=O)Nc3ccc(C#Cc4ccccc4)cc3)C(c3ccc(C)cc3)C2C(=O)Nc2ccc(C#Cc3ccccc3)cc2)cc1. The van der Waals surface area contributed by atoms with Crippen molar-refractivity contribution in [1.82, 2.24) is 0 Å². The van der Waals surface area contributed by atoms with E-state index in [4.69, 9.17) is 14.2 Å². The van der Waals surface area contributed by atoms with E-state index >= 15 is 0 Å². The number of aryl methyl sites for hydroxylation is 1. The van der Waals surface area contributed by atoms with E-state index in [0.717, 1.165) is 128 Å². The molecule has 2 fully saturated rings. The van der Waals surface area contributed by atoms with Crippen LogP contribution in [0.15, 0.2) is 315 Å². The Morgan fingerprint density at radius 1 is 0.234 bits per heavy atom. The van der Waals surface area contributed by atoms with Crippen LogP contribution in [-0.2, 0) is 19.2 Å². The van der Waals surface area contributed by atoms with Crippen LogP contribution in [0.2, 0.25) is 0 Å². The van der Waals surface area contributed by atoms with Crippen molar-refractivity contribution in [2.24, 2.45) is 23.7 Å². The van der Waals surface area contributed by atoms with Gasteiger partial charge in [-0.2, -0.15) is 0 Å². The molecule has 0 heterocycles. The molecule has 0 saturated heterocycles. The number of ether oxygens (including phenoxy) is 3. The summed E-state index contributed by atoms with van der Waals surface area (Å²) in [4.78, 5) is 58.6. The summed E-state index contributed by atoms with van der Waals surface area (Å²) < 4.78 is 18.3. The third-order valence-corrected chi connectivity index (χ3v) is 23.0. The maximum absolute atomic E-state index is 14.8. The summed E-state index contributed by atoms with van der Waals surface area (Å²) in [6.45, 7) is 10.6. The molecule has 4 amide bonds. The van der Waals surface area contributed by atoms with Crippen LogP contribution in [0.5, 0.6) is 17.2 Å². The fourth-order valence-electron chi connectivity index (χ4n) is 16.2. The second-order valence-electron chi connectivity index (χ2n) is 32.0. The highest BCUT2D eigenvalue weighted by molar-refractivity contribution is 6.02. The summed E-state index contributed by atoms with van der Waals surface area (Å²) >= 11 is 0. The number of rotatable bonds is 32. The van der Waals surface area contributed by atoms with Crippen molar-refractivity contribution < 1.29 is 33.4 Å². The fourth-order valence-corrected chi connectivity index (χ4v) is 16.2. The van der Waals surface area contributed by atoms with Crippen molar-refractivity contribution in [2.45, 2.75) is 141 Å². The van der Waals surface area contributed by atoms with Crippen LogP contribution in [0.25, 0.3) is 0 Å². The van der Waals surface area contributed by atoms with Gasteiger partial charge in [0.15, 0.2) is 0 Å². The quantitative estimate of drug-likeness (QED) is 0.0243. The second kappa shape index (κ2) is 46.3. The molecule has 2 unspecified atom stereocenters. The molecular weight excluding hydrogens is 1530 g/mol. The van der Waals surface area contributed by atoms with Gasteiger partial charge in [-0.15, -0.1) is 0 Å².